The van der Waals surface area contributed by atoms with E-state index < -0.39 is 24.5 Å². The fourth-order valence-corrected chi connectivity index (χ4v) is 3.39. The number of amides is 4. The molecular weight excluding hydrogens is 398 g/mol. The van der Waals surface area contributed by atoms with Crippen molar-refractivity contribution in [1.82, 2.24) is 10.6 Å². The molecule has 4 amide bonds. The summed E-state index contributed by atoms with van der Waals surface area (Å²) in [5.74, 6) is -1.89. The second kappa shape index (κ2) is 10.9. The SMILES string of the molecule is O=C(COC(=O)c1ccccc1NC(=O)c1ccccc1)NC(=O)NC1CCCCC1. The van der Waals surface area contributed by atoms with Gasteiger partial charge in [-0.05, 0) is 37.1 Å². The van der Waals surface area contributed by atoms with Crippen molar-refractivity contribution in [1.29, 1.82) is 0 Å². The number of rotatable bonds is 6. The number of ether oxygens (including phenoxy) is 1. The summed E-state index contributed by atoms with van der Waals surface area (Å²) in [6.45, 7) is -0.613. The fourth-order valence-electron chi connectivity index (χ4n) is 3.39. The summed E-state index contributed by atoms with van der Waals surface area (Å²) < 4.78 is 5.03. The van der Waals surface area contributed by atoms with Crippen LogP contribution in [0.25, 0.3) is 0 Å². The molecule has 3 N–H and O–H groups in total. The van der Waals surface area contributed by atoms with Gasteiger partial charge in [-0.2, -0.15) is 0 Å². The van der Waals surface area contributed by atoms with E-state index in [0.29, 0.717) is 5.56 Å². The van der Waals surface area contributed by atoms with Crippen molar-refractivity contribution in [3.8, 4) is 0 Å². The maximum atomic E-state index is 12.4. The summed E-state index contributed by atoms with van der Waals surface area (Å²) in [7, 11) is 0. The summed E-state index contributed by atoms with van der Waals surface area (Å²) in [5, 5.41) is 7.59. The Morgan fingerprint density at radius 1 is 0.871 bits per heavy atom. The van der Waals surface area contributed by atoms with E-state index in [1.807, 2.05) is 0 Å². The van der Waals surface area contributed by atoms with Crippen molar-refractivity contribution in [2.75, 3.05) is 11.9 Å². The average Bonchev–Trinajstić information content (AvgIpc) is 2.79. The number of urea groups is 1. The van der Waals surface area contributed by atoms with Gasteiger partial charge in [0.1, 0.15) is 0 Å². The number of imide groups is 1. The molecule has 2 aromatic carbocycles. The largest absolute Gasteiger partial charge is 0.452 e. The van der Waals surface area contributed by atoms with Crippen molar-refractivity contribution in [3.63, 3.8) is 0 Å². The Kier molecular flexibility index (Phi) is 7.75. The van der Waals surface area contributed by atoms with Crippen LogP contribution in [0.4, 0.5) is 10.5 Å². The molecular formula is C23H25N3O5. The van der Waals surface area contributed by atoms with Crippen LogP contribution in [-0.2, 0) is 9.53 Å². The van der Waals surface area contributed by atoms with Gasteiger partial charge in [-0.3, -0.25) is 14.9 Å². The van der Waals surface area contributed by atoms with Gasteiger partial charge in [0.05, 0.1) is 11.3 Å². The number of hydrogen-bond acceptors (Lipinski definition) is 5. The second-order valence-electron chi connectivity index (χ2n) is 7.30. The van der Waals surface area contributed by atoms with Gasteiger partial charge in [0.2, 0.25) is 0 Å². The molecule has 0 aromatic heterocycles. The predicted molar refractivity (Wildman–Crippen MR) is 115 cm³/mol. The zero-order chi connectivity index (χ0) is 22.1. The minimum Gasteiger partial charge on any atom is -0.452 e. The highest BCUT2D eigenvalue weighted by molar-refractivity contribution is 6.08. The minimum atomic E-state index is -0.785. The van der Waals surface area contributed by atoms with Crippen molar-refractivity contribution in [3.05, 3.63) is 65.7 Å². The molecule has 0 radical (unpaired) electrons. The normalized spacial score (nSPS) is 13.7. The van der Waals surface area contributed by atoms with Crippen LogP contribution < -0.4 is 16.0 Å². The fraction of sp³-hybridized carbons (Fsp3) is 0.304. The van der Waals surface area contributed by atoms with E-state index in [1.165, 1.54) is 6.07 Å². The number of carbonyl (C=O) groups excluding carboxylic acids is 4. The summed E-state index contributed by atoms with van der Waals surface area (Å²) in [5.41, 5.74) is 0.803. The average molecular weight is 423 g/mol. The van der Waals surface area contributed by atoms with Gasteiger partial charge in [0.15, 0.2) is 6.61 Å². The first-order chi connectivity index (χ1) is 15.0. The van der Waals surface area contributed by atoms with Gasteiger partial charge in [0, 0.05) is 11.6 Å². The summed E-state index contributed by atoms with van der Waals surface area (Å²) >= 11 is 0. The first kappa shape index (κ1) is 22.0. The molecule has 1 aliphatic carbocycles. The van der Waals surface area contributed by atoms with Gasteiger partial charge in [0.25, 0.3) is 11.8 Å². The van der Waals surface area contributed by atoms with Gasteiger partial charge in [-0.15, -0.1) is 0 Å². The van der Waals surface area contributed by atoms with Crippen LogP contribution in [0.2, 0.25) is 0 Å². The molecule has 1 aliphatic rings. The number of carbonyl (C=O) groups is 4. The van der Waals surface area contributed by atoms with Crippen LogP contribution in [0.5, 0.6) is 0 Å². The van der Waals surface area contributed by atoms with Crippen LogP contribution >= 0.6 is 0 Å². The van der Waals surface area contributed by atoms with E-state index in [0.717, 1.165) is 32.1 Å². The monoisotopic (exact) mass is 423 g/mol. The molecule has 31 heavy (non-hydrogen) atoms. The number of nitrogens with one attached hydrogen (secondary N) is 3. The molecule has 2 aromatic rings. The molecule has 8 heteroatoms. The van der Waals surface area contributed by atoms with Crippen molar-refractivity contribution in [2.24, 2.45) is 0 Å². The highest BCUT2D eigenvalue weighted by atomic mass is 16.5. The highest BCUT2D eigenvalue weighted by Gasteiger charge is 2.19. The van der Waals surface area contributed by atoms with Crippen LogP contribution in [0.1, 0.15) is 52.8 Å². The van der Waals surface area contributed by atoms with E-state index in [1.54, 1.807) is 48.5 Å². The van der Waals surface area contributed by atoms with Crippen LogP contribution in [0, 0.1) is 0 Å². The smallest absolute Gasteiger partial charge is 0.340 e. The predicted octanol–water partition coefficient (Wildman–Crippen LogP) is 3.25. The van der Waals surface area contributed by atoms with Crippen LogP contribution in [0.3, 0.4) is 0 Å². The number of hydrogen-bond donors (Lipinski definition) is 3. The zero-order valence-electron chi connectivity index (χ0n) is 17.1. The molecule has 162 valence electrons. The zero-order valence-corrected chi connectivity index (χ0v) is 17.1. The maximum absolute atomic E-state index is 12.4. The maximum Gasteiger partial charge on any atom is 0.340 e. The first-order valence-corrected chi connectivity index (χ1v) is 10.3. The Labute approximate surface area is 180 Å². The molecule has 0 saturated heterocycles. The third-order valence-electron chi connectivity index (χ3n) is 4.96. The van der Waals surface area contributed by atoms with Crippen molar-refractivity contribution in [2.45, 2.75) is 38.1 Å². The lowest BCUT2D eigenvalue weighted by molar-refractivity contribution is -0.123. The van der Waals surface area contributed by atoms with Crippen molar-refractivity contribution >= 4 is 29.5 Å². The standard InChI is InChI=1S/C23H25N3O5/c27-20(26-23(30)24-17-11-5-2-6-12-17)15-31-22(29)18-13-7-8-14-19(18)25-21(28)16-9-3-1-4-10-16/h1,3-4,7-10,13-14,17H,2,5-6,11-12,15H2,(H,25,28)(H2,24,26,27,30). The lowest BCUT2D eigenvalue weighted by Crippen LogP contribution is -2.46. The number of esters is 1. The number of para-hydroxylation sites is 1. The molecule has 0 heterocycles. The first-order valence-electron chi connectivity index (χ1n) is 10.3. The summed E-state index contributed by atoms with van der Waals surface area (Å²) in [6, 6.07) is 14.4. The van der Waals surface area contributed by atoms with E-state index in [9.17, 15) is 19.2 Å². The Bertz CT molecular complexity index is 939. The summed E-state index contributed by atoms with van der Waals surface area (Å²) in [4.78, 5) is 48.7. The lowest BCUT2D eigenvalue weighted by atomic mass is 9.96. The Balaban J connectivity index is 1.51. The molecule has 3 rings (SSSR count). The molecule has 0 unspecified atom stereocenters. The van der Waals surface area contributed by atoms with Crippen molar-refractivity contribution < 1.29 is 23.9 Å². The van der Waals surface area contributed by atoms with E-state index in [2.05, 4.69) is 16.0 Å². The molecule has 0 atom stereocenters. The summed E-state index contributed by atoms with van der Waals surface area (Å²) in [6.07, 6.45) is 5.04. The van der Waals surface area contributed by atoms with E-state index in [-0.39, 0.29) is 23.2 Å². The lowest BCUT2D eigenvalue weighted by Gasteiger charge is -2.22. The van der Waals surface area contributed by atoms with E-state index >= 15 is 0 Å². The molecule has 0 bridgehead atoms. The second-order valence-corrected chi connectivity index (χ2v) is 7.30. The van der Waals surface area contributed by atoms with E-state index in [4.69, 9.17) is 4.74 Å². The minimum absolute atomic E-state index is 0.0594. The molecule has 1 fully saturated rings. The Hall–Kier alpha value is -3.68. The molecule has 0 spiro atoms. The Morgan fingerprint density at radius 3 is 2.29 bits per heavy atom. The highest BCUT2D eigenvalue weighted by Crippen LogP contribution is 2.18. The number of anilines is 1. The third-order valence-corrected chi connectivity index (χ3v) is 4.96. The Morgan fingerprint density at radius 2 is 1.55 bits per heavy atom. The molecule has 0 aliphatic heterocycles. The molecule has 1 saturated carbocycles. The van der Waals surface area contributed by atoms with Gasteiger partial charge >= 0.3 is 12.0 Å². The third kappa shape index (κ3) is 6.67. The number of benzene rings is 2. The van der Waals surface area contributed by atoms with Gasteiger partial charge < -0.3 is 15.4 Å². The van der Waals surface area contributed by atoms with Gasteiger partial charge in [-0.25, -0.2) is 9.59 Å². The van der Waals surface area contributed by atoms with Crippen LogP contribution in [-0.4, -0.2) is 36.5 Å². The topological polar surface area (TPSA) is 114 Å². The van der Waals surface area contributed by atoms with Crippen LogP contribution in [0.15, 0.2) is 54.6 Å². The molecule has 8 nitrogen and oxygen atoms in total. The quantitative estimate of drug-likeness (QED) is 0.617. The van der Waals surface area contributed by atoms with Gasteiger partial charge in [-0.1, -0.05) is 49.6 Å².